The van der Waals surface area contributed by atoms with Crippen LogP contribution in [0.25, 0.3) is 0 Å². The molecule has 13 heavy (non-hydrogen) atoms. The summed E-state index contributed by atoms with van der Waals surface area (Å²) in [4.78, 5) is 15.3. The lowest BCUT2D eigenvalue weighted by Crippen LogP contribution is -2.23. The molecule has 72 valence electrons. The van der Waals surface area contributed by atoms with Crippen LogP contribution in [0.15, 0.2) is 0 Å². The summed E-state index contributed by atoms with van der Waals surface area (Å²) >= 11 is 1.06. The number of esters is 1. The predicted molar refractivity (Wildman–Crippen MR) is 49.8 cm³/mol. The van der Waals surface area contributed by atoms with Gasteiger partial charge in [0.25, 0.3) is 0 Å². The number of aryl methyl sites for hydroxylation is 1. The van der Waals surface area contributed by atoms with Gasteiger partial charge in [-0.25, -0.2) is 9.78 Å². The number of hydrogen-bond acceptors (Lipinski definition) is 5. The van der Waals surface area contributed by atoms with E-state index in [1.54, 1.807) is 6.92 Å². The smallest absolute Gasteiger partial charge is 0.369 e. The molecule has 0 bridgehead atoms. The molecule has 0 unspecified atom stereocenters. The van der Waals surface area contributed by atoms with E-state index < -0.39 is 11.6 Å². The summed E-state index contributed by atoms with van der Waals surface area (Å²) in [6, 6.07) is 0. The average Bonchev–Trinajstić information content (AvgIpc) is 2.31. The Morgan fingerprint density at radius 1 is 1.46 bits per heavy atom. The quantitative estimate of drug-likeness (QED) is 0.649. The highest BCUT2D eigenvalue weighted by Crippen LogP contribution is 2.13. The zero-order valence-corrected chi connectivity index (χ0v) is 8.94. The van der Waals surface area contributed by atoms with E-state index in [0.717, 1.165) is 11.5 Å². The zero-order valence-electron chi connectivity index (χ0n) is 8.12. The van der Waals surface area contributed by atoms with Gasteiger partial charge >= 0.3 is 5.97 Å². The van der Waals surface area contributed by atoms with Gasteiger partial charge in [-0.3, -0.25) is 0 Å². The van der Waals surface area contributed by atoms with Gasteiger partial charge < -0.3 is 4.74 Å². The topological polar surface area (TPSA) is 52.1 Å². The third-order valence-electron chi connectivity index (χ3n) is 1.10. The number of carbonyl (C=O) groups is 1. The minimum Gasteiger partial charge on any atom is -0.455 e. The molecule has 0 saturated carbocycles. The van der Waals surface area contributed by atoms with Gasteiger partial charge in [-0.2, -0.15) is 4.37 Å². The maximum absolute atomic E-state index is 11.4. The van der Waals surface area contributed by atoms with E-state index in [0.29, 0.717) is 10.8 Å². The van der Waals surface area contributed by atoms with Crippen molar-refractivity contribution < 1.29 is 9.53 Å². The second-order valence-corrected chi connectivity index (χ2v) is 4.40. The molecule has 5 heteroatoms. The summed E-state index contributed by atoms with van der Waals surface area (Å²) in [5.41, 5.74) is -0.476. The monoisotopic (exact) mass is 200 g/mol. The Balaban J connectivity index is 2.70. The van der Waals surface area contributed by atoms with Crippen molar-refractivity contribution >= 4 is 17.5 Å². The van der Waals surface area contributed by atoms with Crippen LogP contribution in [0.1, 0.15) is 36.4 Å². The first-order valence-corrected chi connectivity index (χ1v) is 4.69. The van der Waals surface area contributed by atoms with Crippen molar-refractivity contribution in [1.82, 2.24) is 9.36 Å². The Morgan fingerprint density at radius 3 is 2.46 bits per heavy atom. The largest absolute Gasteiger partial charge is 0.455 e. The number of nitrogens with zero attached hydrogens (tertiary/aromatic N) is 2. The minimum absolute atomic E-state index is 0.312. The summed E-state index contributed by atoms with van der Waals surface area (Å²) in [5, 5.41) is 0.312. The highest BCUT2D eigenvalue weighted by molar-refractivity contribution is 7.07. The Hall–Kier alpha value is -0.970. The molecule has 0 aliphatic rings. The Kier molecular flexibility index (Phi) is 2.66. The van der Waals surface area contributed by atoms with Gasteiger partial charge in [-0.15, -0.1) is 0 Å². The minimum atomic E-state index is -0.476. The lowest BCUT2D eigenvalue weighted by molar-refractivity contribution is 0.00690. The van der Waals surface area contributed by atoms with E-state index in [1.807, 2.05) is 20.8 Å². The molecular formula is C8H12N2O2S. The average molecular weight is 200 g/mol. The lowest BCUT2D eigenvalue weighted by atomic mass is 10.2. The number of rotatable bonds is 1. The number of aromatic nitrogens is 2. The van der Waals surface area contributed by atoms with Crippen LogP contribution >= 0.6 is 11.5 Å². The van der Waals surface area contributed by atoms with Crippen molar-refractivity contribution in [2.75, 3.05) is 0 Å². The van der Waals surface area contributed by atoms with E-state index in [-0.39, 0.29) is 0 Å². The fourth-order valence-electron chi connectivity index (χ4n) is 0.702. The molecule has 0 atom stereocenters. The molecule has 1 heterocycles. The van der Waals surface area contributed by atoms with Gasteiger partial charge in [0.1, 0.15) is 11.4 Å². The molecule has 0 saturated heterocycles. The van der Waals surface area contributed by atoms with Crippen molar-refractivity contribution in [1.29, 1.82) is 0 Å². The molecular weight excluding hydrogens is 188 g/mol. The van der Waals surface area contributed by atoms with Crippen LogP contribution in [0, 0.1) is 6.92 Å². The first-order chi connectivity index (χ1) is 5.88. The Labute approximate surface area is 81.1 Å². The zero-order chi connectivity index (χ0) is 10.1. The molecule has 1 rings (SSSR count). The number of carbonyl (C=O) groups excluding carboxylic acids is 1. The second kappa shape index (κ2) is 3.41. The molecule has 1 aromatic rings. The van der Waals surface area contributed by atoms with Gasteiger partial charge in [0, 0.05) is 0 Å². The van der Waals surface area contributed by atoms with E-state index in [1.165, 1.54) is 0 Å². The SMILES string of the molecule is Cc1nsc(C(=O)OC(C)(C)C)n1. The summed E-state index contributed by atoms with van der Waals surface area (Å²) in [6.07, 6.45) is 0. The third kappa shape index (κ3) is 3.10. The molecule has 0 aliphatic heterocycles. The molecule has 4 nitrogen and oxygen atoms in total. The maximum Gasteiger partial charge on any atom is 0.369 e. The molecule has 0 spiro atoms. The third-order valence-corrected chi connectivity index (χ3v) is 1.89. The lowest BCUT2D eigenvalue weighted by Gasteiger charge is -2.17. The van der Waals surface area contributed by atoms with Gasteiger partial charge in [0.05, 0.1) is 0 Å². The molecule has 0 fully saturated rings. The highest BCUT2D eigenvalue weighted by atomic mass is 32.1. The summed E-state index contributed by atoms with van der Waals surface area (Å²) < 4.78 is 9.00. The van der Waals surface area contributed by atoms with Crippen LogP contribution in [-0.2, 0) is 4.74 Å². The van der Waals surface area contributed by atoms with Crippen molar-refractivity contribution in [2.45, 2.75) is 33.3 Å². The molecule has 0 aromatic carbocycles. The van der Waals surface area contributed by atoms with E-state index in [2.05, 4.69) is 9.36 Å². The van der Waals surface area contributed by atoms with Crippen molar-refractivity contribution in [3.63, 3.8) is 0 Å². The predicted octanol–water partition coefficient (Wildman–Crippen LogP) is 1.80. The van der Waals surface area contributed by atoms with Crippen LogP contribution in [-0.4, -0.2) is 20.9 Å². The van der Waals surface area contributed by atoms with E-state index in [4.69, 9.17) is 4.74 Å². The molecule has 0 N–H and O–H groups in total. The first kappa shape index (κ1) is 10.1. The van der Waals surface area contributed by atoms with Crippen molar-refractivity contribution in [3.05, 3.63) is 10.8 Å². The van der Waals surface area contributed by atoms with Crippen LogP contribution in [0.4, 0.5) is 0 Å². The van der Waals surface area contributed by atoms with Gasteiger partial charge in [-0.1, -0.05) is 0 Å². The van der Waals surface area contributed by atoms with Crippen LogP contribution in [0.3, 0.4) is 0 Å². The van der Waals surface area contributed by atoms with E-state index >= 15 is 0 Å². The van der Waals surface area contributed by atoms with Gasteiger partial charge in [-0.05, 0) is 39.2 Å². The van der Waals surface area contributed by atoms with Crippen LogP contribution in [0.5, 0.6) is 0 Å². The number of hydrogen-bond donors (Lipinski definition) is 0. The van der Waals surface area contributed by atoms with Crippen molar-refractivity contribution in [3.8, 4) is 0 Å². The Bertz CT molecular complexity index is 314. The maximum atomic E-state index is 11.4. The summed E-state index contributed by atoms with van der Waals surface area (Å²) in [7, 11) is 0. The fourth-order valence-corrected chi connectivity index (χ4v) is 1.25. The normalized spacial score (nSPS) is 11.4. The first-order valence-electron chi connectivity index (χ1n) is 3.92. The fraction of sp³-hybridized carbons (Fsp3) is 0.625. The van der Waals surface area contributed by atoms with Crippen LogP contribution < -0.4 is 0 Å². The number of ether oxygens (including phenoxy) is 1. The van der Waals surface area contributed by atoms with E-state index in [9.17, 15) is 4.79 Å². The second-order valence-electron chi connectivity index (χ2n) is 3.65. The molecule has 0 amide bonds. The molecule has 0 radical (unpaired) electrons. The summed E-state index contributed by atoms with van der Waals surface area (Å²) in [6.45, 7) is 7.20. The standard InChI is InChI=1S/C8H12N2O2S/c1-5-9-6(13-10-5)7(11)12-8(2,3)4/h1-4H3. The Morgan fingerprint density at radius 2 is 2.08 bits per heavy atom. The van der Waals surface area contributed by atoms with Gasteiger partial charge in [0.15, 0.2) is 0 Å². The van der Waals surface area contributed by atoms with Crippen molar-refractivity contribution in [2.24, 2.45) is 0 Å². The summed E-state index contributed by atoms with van der Waals surface area (Å²) in [5.74, 6) is 0.198. The molecule has 0 aliphatic carbocycles. The highest BCUT2D eigenvalue weighted by Gasteiger charge is 2.20. The van der Waals surface area contributed by atoms with Crippen LogP contribution in [0.2, 0.25) is 0 Å². The van der Waals surface area contributed by atoms with Gasteiger partial charge in [0.2, 0.25) is 5.01 Å². The molecule has 1 aromatic heterocycles.